The summed E-state index contributed by atoms with van der Waals surface area (Å²) in [4.78, 5) is 26.0. The van der Waals surface area contributed by atoms with E-state index in [2.05, 4.69) is 9.72 Å². The first-order valence-electron chi connectivity index (χ1n) is 6.63. The molecule has 1 unspecified atom stereocenters. The average Bonchev–Trinajstić information content (AvgIpc) is 2.43. The zero-order valence-corrected chi connectivity index (χ0v) is 12.8. The van der Waals surface area contributed by atoms with Crippen LogP contribution in [0.4, 0.5) is 22.0 Å². The second-order valence-electron chi connectivity index (χ2n) is 5.21. The number of nitrogens with zero attached hydrogens (tertiary/aromatic N) is 1. The van der Waals surface area contributed by atoms with E-state index in [-0.39, 0.29) is 0 Å². The van der Waals surface area contributed by atoms with Crippen molar-refractivity contribution in [3.8, 4) is 0 Å². The number of methoxy groups -OCH3 is 1. The molecule has 0 aliphatic heterocycles. The van der Waals surface area contributed by atoms with Gasteiger partial charge in [-0.15, -0.1) is 0 Å². The summed E-state index contributed by atoms with van der Waals surface area (Å²) in [5.41, 5.74) is -5.04. The van der Waals surface area contributed by atoms with Gasteiger partial charge in [0, 0.05) is 0 Å². The Morgan fingerprint density at radius 3 is 2.12 bits per heavy atom. The van der Waals surface area contributed by atoms with Crippen LogP contribution in [0.25, 0.3) is 0 Å². The number of hydrogen-bond acceptors (Lipinski definition) is 4. The van der Waals surface area contributed by atoms with Gasteiger partial charge in [-0.1, -0.05) is 13.8 Å². The highest BCUT2D eigenvalue weighted by atomic mass is 19.4. The number of carbonyl (C=O) groups is 2. The standard InChI is InChI=1S/C14H14F5NO4/c1-5(2)8(12(21)22)6-4-7(11(15)16)20-10(14(17,18)19)9(6)13(23)24-3/h4-5,8,11H,1-3H3,(H,21,22). The summed E-state index contributed by atoms with van der Waals surface area (Å²) in [6, 6.07) is 0.505. The molecule has 0 aromatic carbocycles. The largest absolute Gasteiger partial charge is 0.481 e. The Kier molecular flexibility index (Phi) is 5.85. The predicted molar refractivity (Wildman–Crippen MR) is 70.8 cm³/mol. The lowest BCUT2D eigenvalue weighted by molar-refractivity contribution is -0.143. The van der Waals surface area contributed by atoms with Gasteiger partial charge < -0.3 is 9.84 Å². The van der Waals surface area contributed by atoms with Crippen LogP contribution in [0.3, 0.4) is 0 Å². The van der Waals surface area contributed by atoms with E-state index in [0.717, 1.165) is 7.11 Å². The van der Waals surface area contributed by atoms with Crippen molar-refractivity contribution in [1.29, 1.82) is 0 Å². The molecule has 1 heterocycles. The lowest BCUT2D eigenvalue weighted by Gasteiger charge is -2.22. The molecule has 5 nitrogen and oxygen atoms in total. The molecule has 10 heteroatoms. The molecule has 1 aromatic rings. The van der Waals surface area contributed by atoms with Gasteiger partial charge in [0.05, 0.1) is 18.6 Å². The SMILES string of the molecule is COC(=O)c1c(C(C(=O)O)C(C)C)cc(C(F)F)nc1C(F)(F)F. The number of halogens is 5. The Morgan fingerprint density at radius 1 is 1.25 bits per heavy atom. The zero-order chi connectivity index (χ0) is 18.8. The maximum atomic E-state index is 13.2. The number of carboxylic acid groups (broad SMARTS) is 1. The summed E-state index contributed by atoms with van der Waals surface area (Å²) in [7, 11) is 0.790. The van der Waals surface area contributed by atoms with E-state index in [0.29, 0.717) is 6.07 Å². The quantitative estimate of drug-likeness (QED) is 0.644. The molecule has 24 heavy (non-hydrogen) atoms. The van der Waals surface area contributed by atoms with Crippen LogP contribution in [0.5, 0.6) is 0 Å². The molecule has 134 valence electrons. The van der Waals surface area contributed by atoms with Gasteiger partial charge in [0.1, 0.15) is 5.69 Å². The summed E-state index contributed by atoms with van der Waals surface area (Å²) in [5.74, 6) is -5.46. The van der Waals surface area contributed by atoms with Crippen LogP contribution >= 0.6 is 0 Å². The van der Waals surface area contributed by atoms with E-state index in [9.17, 15) is 36.6 Å². The van der Waals surface area contributed by atoms with Crippen LogP contribution in [0.2, 0.25) is 0 Å². The number of hydrogen-bond donors (Lipinski definition) is 1. The van der Waals surface area contributed by atoms with Crippen LogP contribution in [-0.4, -0.2) is 29.1 Å². The van der Waals surface area contributed by atoms with E-state index >= 15 is 0 Å². The molecule has 1 atom stereocenters. The molecule has 0 fully saturated rings. The van der Waals surface area contributed by atoms with E-state index in [1.165, 1.54) is 13.8 Å². The fraction of sp³-hybridized carbons (Fsp3) is 0.500. The molecule has 0 bridgehead atoms. The fourth-order valence-corrected chi connectivity index (χ4v) is 2.24. The first kappa shape index (κ1) is 19.8. The summed E-state index contributed by atoms with van der Waals surface area (Å²) in [6.07, 6.45) is -8.62. The number of carbonyl (C=O) groups excluding carboxylic acids is 1. The lowest BCUT2D eigenvalue weighted by atomic mass is 9.84. The Hall–Kier alpha value is -2.26. The zero-order valence-electron chi connectivity index (χ0n) is 12.8. The third-order valence-electron chi connectivity index (χ3n) is 3.22. The van der Waals surface area contributed by atoms with Gasteiger partial charge in [-0.3, -0.25) is 4.79 Å². The highest BCUT2D eigenvalue weighted by Crippen LogP contribution is 2.38. The van der Waals surface area contributed by atoms with E-state index in [4.69, 9.17) is 0 Å². The van der Waals surface area contributed by atoms with Gasteiger partial charge in [-0.05, 0) is 17.5 Å². The van der Waals surface area contributed by atoms with Crippen molar-refractivity contribution < 1.29 is 41.4 Å². The number of ether oxygens (including phenoxy) is 1. The summed E-state index contributed by atoms with van der Waals surface area (Å²) >= 11 is 0. The molecule has 0 spiro atoms. The summed E-state index contributed by atoms with van der Waals surface area (Å²) < 4.78 is 69.6. The number of rotatable bonds is 5. The van der Waals surface area contributed by atoms with Crippen molar-refractivity contribution in [2.45, 2.75) is 32.4 Å². The van der Waals surface area contributed by atoms with Crippen molar-refractivity contribution >= 4 is 11.9 Å². The van der Waals surface area contributed by atoms with Gasteiger partial charge in [0.25, 0.3) is 6.43 Å². The lowest BCUT2D eigenvalue weighted by Crippen LogP contribution is -2.26. The van der Waals surface area contributed by atoms with Crippen LogP contribution in [0, 0.1) is 5.92 Å². The number of aromatic nitrogens is 1. The average molecular weight is 355 g/mol. The highest BCUT2D eigenvalue weighted by Gasteiger charge is 2.42. The molecule has 1 rings (SSSR count). The Balaban J connectivity index is 3.92. The van der Waals surface area contributed by atoms with E-state index < -0.39 is 58.9 Å². The fourth-order valence-electron chi connectivity index (χ4n) is 2.24. The minimum atomic E-state index is -5.25. The molecule has 0 aliphatic carbocycles. The maximum absolute atomic E-state index is 13.2. The topological polar surface area (TPSA) is 76.5 Å². The van der Waals surface area contributed by atoms with Gasteiger partial charge in [-0.25, -0.2) is 18.6 Å². The predicted octanol–water partition coefficient (Wildman–Crippen LogP) is 3.65. The van der Waals surface area contributed by atoms with Crippen molar-refractivity contribution in [2.75, 3.05) is 7.11 Å². The summed E-state index contributed by atoms with van der Waals surface area (Å²) in [6.45, 7) is 2.74. The van der Waals surface area contributed by atoms with Gasteiger partial charge in [0.2, 0.25) is 0 Å². The molecular formula is C14H14F5NO4. The van der Waals surface area contributed by atoms with E-state index in [1.54, 1.807) is 0 Å². The second-order valence-corrected chi connectivity index (χ2v) is 5.21. The van der Waals surface area contributed by atoms with Crippen LogP contribution in [0.1, 0.15) is 53.5 Å². The first-order chi connectivity index (χ1) is 10.9. The normalized spacial score (nSPS) is 13.2. The highest BCUT2D eigenvalue weighted by molar-refractivity contribution is 5.94. The number of pyridine rings is 1. The number of aliphatic carboxylic acids is 1. The van der Waals surface area contributed by atoms with Crippen molar-refractivity contribution in [3.05, 3.63) is 28.6 Å². The number of alkyl halides is 5. The summed E-state index contributed by atoms with van der Waals surface area (Å²) in [5, 5.41) is 9.26. The van der Waals surface area contributed by atoms with Crippen molar-refractivity contribution in [1.82, 2.24) is 4.98 Å². The minimum Gasteiger partial charge on any atom is -0.481 e. The van der Waals surface area contributed by atoms with E-state index in [1.807, 2.05) is 0 Å². The van der Waals surface area contributed by atoms with Crippen LogP contribution in [-0.2, 0) is 15.7 Å². The Morgan fingerprint density at radius 2 is 1.79 bits per heavy atom. The third kappa shape index (κ3) is 3.98. The van der Waals surface area contributed by atoms with Crippen molar-refractivity contribution in [2.24, 2.45) is 5.92 Å². The smallest absolute Gasteiger partial charge is 0.434 e. The molecule has 1 N–H and O–H groups in total. The third-order valence-corrected chi connectivity index (χ3v) is 3.22. The van der Waals surface area contributed by atoms with Gasteiger partial charge >= 0.3 is 18.1 Å². The molecule has 0 amide bonds. The molecule has 0 saturated carbocycles. The van der Waals surface area contributed by atoms with Crippen LogP contribution < -0.4 is 0 Å². The van der Waals surface area contributed by atoms with Crippen molar-refractivity contribution in [3.63, 3.8) is 0 Å². The molecule has 0 saturated heterocycles. The minimum absolute atomic E-state index is 0.505. The Bertz CT molecular complexity index is 643. The molecular weight excluding hydrogens is 341 g/mol. The first-order valence-corrected chi connectivity index (χ1v) is 6.63. The molecule has 1 aromatic heterocycles. The molecule has 0 radical (unpaired) electrons. The van der Waals surface area contributed by atoms with Gasteiger partial charge in [-0.2, -0.15) is 13.2 Å². The monoisotopic (exact) mass is 355 g/mol. The number of esters is 1. The molecule has 0 aliphatic rings. The second kappa shape index (κ2) is 7.10. The van der Waals surface area contributed by atoms with Crippen LogP contribution in [0.15, 0.2) is 6.07 Å². The Labute approximate surface area is 133 Å². The van der Waals surface area contributed by atoms with Gasteiger partial charge in [0.15, 0.2) is 5.69 Å². The number of carboxylic acids is 1. The maximum Gasteiger partial charge on any atom is 0.434 e.